The first-order valence-corrected chi connectivity index (χ1v) is 5.48. The Morgan fingerprint density at radius 3 is 2.20 bits per heavy atom. The van der Waals surface area contributed by atoms with Crippen molar-refractivity contribution in [1.29, 1.82) is 0 Å². The van der Waals surface area contributed by atoms with E-state index in [0.29, 0.717) is 12.6 Å². The van der Waals surface area contributed by atoms with E-state index in [0.717, 1.165) is 0 Å². The predicted molar refractivity (Wildman–Crippen MR) is 64.2 cm³/mol. The smallest absolute Gasteiger partial charge is 0.0556 e. The quantitative estimate of drug-likeness (QED) is 0.793. The molecule has 1 aromatic carbocycles. The standard InChI is InChI=1S/C13H21NO/c1-9-7-10(2)13(11(3)8-9)12(4)14-5-6-15/h7-8,12,14-15H,5-6H2,1-4H3. The summed E-state index contributed by atoms with van der Waals surface area (Å²) in [6.45, 7) is 9.39. The summed E-state index contributed by atoms with van der Waals surface area (Å²) in [5.41, 5.74) is 5.31. The lowest BCUT2D eigenvalue weighted by atomic mass is 9.95. The highest BCUT2D eigenvalue weighted by Gasteiger charge is 2.10. The van der Waals surface area contributed by atoms with E-state index in [-0.39, 0.29) is 6.61 Å². The Morgan fingerprint density at radius 1 is 1.20 bits per heavy atom. The van der Waals surface area contributed by atoms with Gasteiger partial charge in [0.15, 0.2) is 0 Å². The summed E-state index contributed by atoms with van der Waals surface area (Å²) in [5.74, 6) is 0. The molecule has 0 spiro atoms. The second-order valence-electron chi connectivity index (χ2n) is 4.21. The minimum absolute atomic E-state index is 0.189. The number of hydrogen-bond donors (Lipinski definition) is 2. The van der Waals surface area contributed by atoms with Crippen molar-refractivity contribution in [1.82, 2.24) is 5.32 Å². The molecule has 0 amide bonds. The van der Waals surface area contributed by atoms with Crippen molar-refractivity contribution in [2.45, 2.75) is 33.7 Å². The molecular weight excluding hydrogens is 186 g/mol. The van der Waals surface area contributed by atoms with Gasteiger partial charge in [-0.25, -0.2) is 0 Å². The maximum Gasteiger partial charge on any atom is 0.0556 e. The lowest BCUT2D eigenvalue weighted by Gasteiger charge is -2.19. The third-order valence-corrected chi connectivity index (χ3v) is 2.73. The van der Waals surface area contributed by atoms with Crippen LogP contribution in [0.25, 0.3) is 0 Å². The molecule has 0 aliphatic rings. The first-order chi connectivity index (χ1) is 7.06. The zero-order valence-corrected chi connectivity index (χ0v) is 10.1. The van der Waals surface area contributed by atoms with Crippen LogP contribution in [0.15, 0.2) is 12.1 Å². The van der Waals surface area contributed by atoms with E-state index in [9.17, 15) is 0 Å². The van der Waals surface area contributed by atoms with Crippen molar-refractivity contribution < 1.29 is 5.11 Å². The molecule has 2 heteroatoms. The fourth-order valence-electron chi connectivity index (χ4n) is 2.26. The molecule has 1 aromatic rings. The van der Waals surface area contributed by atoms with Gasteiger partial charge < -0.3 is 10.4 Å². The SMILES string of the molecule is Cc1cc(C)c(C(C)NCCO)c(C)c1. The molecule has 2 nitrogen and oxygen atoms in total. The molecule has 0 fully saturated rings. The van der Waals surface area contributed by atoms with Gasteiger partial charge in [0, 0.05) is 12.6 Å². The fourth-order valence-corrected chi connectivity index (χ4v) is 2.26. The van der Waals surface area contributed by atoms with Crippen LogP contribution in [0.5, 0.6) is 0 Å². The molecule has 15 heavy (non-hydrogen) atoms. The summed E-state index contributed by atoms with van der Waals surface area (Å²) < 4.78 is 0. The molecule has 84 valence electrons. The molecule has 1 rings (SSSR count). The summed E-state index contributed by atoms with van der Waals surface area (Å²) >= 11 is 0. The summed E-state index contributed by atoms with van der Waals surface area (Å²) in [4.78, 5) is 0. The highest BCUT2D eigenvalue weighted by molar-refractivity contribution is 5.39. The zero-order chi connectivity index (χ0) is 11.4. The molecule has 0 aliphatic heterocycles. The van der Waals surface area contributed by atoms with Gasteiger partial charge in [0.25, 0.3) is 0 Å². The average molecular weight is 207 g/mol. The Morgan fingerprint density at radius 2 is 1.73 bits per heavy atom. The third kappa shape index (κ3) is 3.05. The molecule has 0 saturated carbocycles. The summed E-state index contributed by atoms with van der Waals surface area (Å²) in [5, 5.41) is 12.1. The molecular formula is C13H21NO. The van der Waals surface area contributed by atoms with Crippen molar-refractivity contribution in [2.75, 3.05) is 13.2 Å². The molecule has 0 bridgehead atoms. The van der Waals surface area contributed by atoms with E-state index in [1.54, 1.807) is 0 Å². The van der Waals surface area contributed by atoms with E-state index in [1.165, 1.54) is 22.3 Å². The van der Waals surface area contributed by atoms with Gasteiger partial charge in [0.05, 0.1) is 6.61 Å². The van der Waals surface area contributed by atoms with Crippen LogP contribution in [0.3, 0.4) is 0 Å². The van der Waals surface area contributed by atoms with Crippen LogP contribution in [0.1, 0.15) is 35.2 Å². The zero-order valence-electron chi connectivity index (χ0n) is 10.1. The molecule has 0 saturated heterocycles. The maximum absolute atomic E-state index is 8.78. The number of nitrogens with one attached hydrogen (secondary N) is 1. The van der Waals surface area contributed by atoms with Crippen molar-refractivity contribution in [3.63, 3.8) is 0 Å². The van der Waals surface area contributed by atoms with Crippen molar-refractivity contribution >= 4 is 0 Å². The molecule has 0 aliphatic carbocycles. The molecule has 2 N–H and O–H groups in total. The first-order valence-electron chi connectivity index (χ1n) is 5.48. The van der Waals surface area contributed by atoms with Crippen LogP contribution in [0, 0.1) is 20.8 Å². The maximum atomic E-state index is 8.78. The highest BCUT2D eigenvalue weighted by Crippen LogP contribution is 2.22. The monoisotopic (exact) mass is 207 g/mol. The average Bonchev–Trinajstić information content (AvgIpc) is 2.12. The summed E-state index contributed by atoms with van der Waals surface area (Å²) in [7, 11) is 0. The van der Waals surface area contributed by atoms with Gasteiger partial charge >= 0.3 is 0 Å². The van der Waals surface area contributed by atoms with E-state index < -0.39 is 0 Å². The van der Waals surface area contributed by atoms with Crippen molar-refractivity contribution in [3.8, 4) is 0 Å². The first kappa shape index (κ1) is 12.2. The molecule has 1 unspecified atom stereocenters. The fraction of sp³-hybridized carbons (Fsp3) is 0.538. The Bertz CT molecular complexity index is 310. The van der Waals surface area contributed by atoms with E-state index >= 15 is 0 Å². The highest BCUT2D eigenvalue weighted by atomic mass is 16.3. The molecule has 0 heterocycles. The van der Waals surface area contributed by atoms with Gasteiger partial charge in [-0.05, 0) is 44.4 Å². The predicted octanol–water partition coefficient (Wildman–Crippen LogP) is 2.25. The second kappa shape index (κ2) is 5.29. The number of aliphatic hydroxyl groups excluding tert-OH is 1. The number of aliphatic hydroxyl groups is 1. The number of aryl methyl sites for hydroxylation is 3. The van der Waals surface area contributed by atoms with Gasteiger partial charge in [-0.15, -0.1) is 0 Å². The van der Waals surface area contributed by atoms with Crippen LogP contribution in [-0.2, 0) is 0 Å². The number of rotatable bonds is 4. The summed E-state index contributed by atoms with van der Waals surface area (Å²) in [6.07, 6.45) is 0. The van der Waals surface area contributed by atoms with Crippen molar-refractivity contribution in [3.05, 3.63) is 34.4 Å². The van der Waals surface area contributed by atoms with Gasteiger partial charge in [-0.3, -0.25) is 0 Å². The Balaban J connectivity index is 2.92. The summed E-state index contributed by atoms with van der Waals surface area (Å²) in [6, 6.07) is 4.72. The van der Waals surface area contributed by atoms with Crippen LogP contribution in [-0.4, -0.2) is 18.3 Å². The van der Waals surface area contributed by atoms with Gasteiger partial charge in [0.2, 0.25) is 0 Å². The van der Waals surface area contributed by atoms with Crippen LogP contribution in [0.4, 0.5) is 0 Å². The van der Waals surface area contributed by atoms with E-state index in [1.807, 2.05) is 0 Å². The van der Waals surface area contributed by atoms with Crippen LogP contribution < -0.4 is 5.32 Å². The lowest BCUT2D eigenvalue weighted by molar-refractivity contribution is 0.286. The topological polar surface area (TPSA) is 32.3 Å². The third-order valence-electron chi connectivity index (χ3n) is 2.73. The second-order valence-corrected chi connectivity index (χ2v) is 4.21. The van der Waals surface area contributed by atoms with Crippen LogP contribution in [0.2, 0.25) is 0 Å². The molecule has 1 atom stereocenters. The Kier molecular flexibility index (Phi) is 4.30. The van der Waals surface area contributed by atoms with E-state index in [2.05, 4.69) is 45.1 Å². The normalized spacial score (nSPS) is 12.9. The van der Waals surface area contributed by atoms with Gasteiger partial charge in [-0.1, -0.05) is 17.7 Å². The molecule has 0 radical (unpaired) electrons. The molecule has 0 aromatic heterocycles. The number of benzene rings is 1. The Labute approximate surface area is 92.3 Å². The van der Waals surface area contributed by atoms with Gasteiger partial charge in [0.1, 0.15) is 0 Å². The van der Waals surface area contributed by atoms with E-state index in [4.69, 9.17) is 5.11 Å². The minimum atomic E-state index is 0.189. The lowest BCUT2D eigenvalue weighted by Crippen LogP contribution is -2.23. The largest absolute Gasteiger partial charge is 0.395 e. The van der Waals surface area contributed by atoms with Crippen LogP contribution >= 0.6 is 0 Å². The Hall–Kier alpha value is -0.860. The van der Waals surface area contributed by atoms with Crippen molar-refractivity contribution in [2.24, 2.45) is 0 Å². The minimum Gasteiger partial charge on any atom is -0.395 e. The van der Waals surface area contributed by atoms with Gasteiger partial charge in [-0.2, -0.15) is 0 Å². The number of hydrogen-bond acceptors (Lipinski definition) is 2.